The van der Waals surface area contributed by atoms with Crippen molar-refractivity contribution in [2.45, 2.75) is 71.8 Å². The molecule has 6 heteroatoms. The molecule has 0 bridgehead atoms. The highest BCUT2D eigenvalue weighted by Crippen LogP contribution is 2.38. The minimum absolute atomic E-state index is 0.0213. The van der Waals surface area contributed by atoms with Gasteiger partial charge in [0, 0.05) is 37.5 Å². The number of nitrogens with one attached hydrogen (secondary N) is 1. The van der Waals surface area contributed by atoms with Gasteiger partial charge in [0.05, 0.1) is 11.5 Å². The van der Waals surface area contributed by atoms with Gasteiger partial charge in [0.1, 0.15) is 5.76 Å². The second-order valence-electron chi connectivity index (χ2n) is 10.2. The predicted octanol–water partition coefficient (Wildman–Crippen LogP) is 4.66. The fraction of sp³-hybridized carbons (Fsp3) is 0.519. The molecule has 4 rings (SSSR count). The van der Waals surface area contributed by atoms with Crippen LogP contribution in [0.15, 0.2) is 34.7 Å². The van der Waals surface area contributed by atoms with E-state index in [-0.39, 0.29) is 40.7 Å². The third kappa shape index (κ3) is 4.75. The van der Waals surface area contributed by atoms with Crippen molar-refractivity contribution in [3.05, 3.63) is 58.5 Å². The second kappa shape index (κ2) is 9.16. The van der Waals surface area contributed by atoms with Gasteiger partial charge >= 0.3 is 0 Å². The van der Waals surface area contributed by atoms with Crippen LogP contribution < -0.4 is 5.32 Å². The molecule has 1 unspecified atom stereocenters. The van der Waals surface area contributed by atoms with E-state index in [1.807, 2.05) is 56.0 Å². The summed E-state index contributed by atoms with van der Waals surface area (Å²) in [6.45, 7) is 9.16. The zero-order valence-corrected chi connectivity index (χ0v) is 20.1. The molecule has 1 fully saturated rings. The number of carbonyl (C=O) groups excluding carboxylic acids is 3. The van der Waals surface area contributed by atoms with E-state index in [9.17, 15) is 14.4 Å². The Kier molecular flexibility index (Phi) is 6.46. The summed E-state index contributed by atoms with van der Waals surface area (Å²) in [5.74, 6) is 0.691. The van der Waals surface area contributed by atoms with Crippen molar-refractivity contribution < 1.29 is 18.8 Å². The van der Waals surface area contributed by atoms with Gasteiger partial charge in [-0.1, -0.05) is 51.1 Å². The summed E-state index contributed by atoms with van der Waals surface area (Å²) < 4.78 is 5.90. The first-order chi connectivity index (χ1) is 15.7. The van der Waals surface area contributed by atoms with Crippen LogP contribution in [0.4, 0.5) is 0 Å². The molecule has 33 heavy (non-hydrogen) atoms. The normalized spacial score (nSPS) is 19.2. The van der Waals surface area contributed by atoms with Crippen LogP contribution in [0.2, 0.25) is 0 Å². The fourth-order valence-electron chi connectivity index (χ4n) is 5.25. The van der Waals surface area contributed by atoms with Gasteiger partial charge in [-0.3, -0.25) is 14.4 Å². The lowest BCUT2D eigenvalue weighted by Gasteiger charge is -2.34. The Morgan fingerprint density at radius 3 is 2.45 bits per heavy atom. The number of hydrogen-bond acceptors (Lipinski definition) is 4. The van der Waals surface area contributed by atoms with E-state index in [4.69, 9.17) is 4.42 Å². The first kappa shape index (κ1) is 23.3. The lowest BCUT2D eigenvalue weighted by molar-refractivity contribution is -0.134. The van der Waals surface area contributed by atoms with Gasteiger partial charge in [-0.15, -0.1) is 0 Å². The number of furan rings is 1. The van der Waals surface area contributed by atoms with Crippen LogP contribution in [0.5, 0.6) is 0 Å². The van der Waals surface area contributed by atoms with Crippen molar-refractivity contribution in [1.82, 2.24) is 10.2 Å². The van der Waals surface area contributed by atoms with Crippen molar-refractivity contribution >= 4 is 17.6 Å². The number of hydrogen-bond donors (Lipinski definition) is 1. The van der Waals surface area contributed by atoms with E-state index in [1.54, 1.807) is 6.92 Å². The highest BCUT2D eigenvalue weighted by Gasteiger charge is 2.37. The molecule has 6 nitrogen and oxygen atoms in total. The van der Waals surface area contributed by atoms with E-state index in [1.165, 1.54) is 0 Å². The van der Waals surface area contributed by atoms with Crippen molar-refractivity contribution in [3.8, 4) is 0 Å². The molecule has 1 aliphatic heterocycles. The third-order valence-electron chi connectivity index (χ3n) is 7.03. The maximum absolute atomic E-state index is 13.1. The molecular formula is C27H34N2O4. The zero-order chi connectivity index (χ0) is 23.8. The van der Waals surface area contributed by atoms with Crippen molar-refractivity contribution in [2.24, 2.45) is 5.41 Å². The molecule has 1 aromatic heterocycles. The molecule has 176 valence electrons. The molecule has 0 saturated carbocycles. The number of nitrogens with zero attached hydrogens (tertiary/aromatic N) is 1. The molecule has 1 atom stereocenters. The van der Waals surface area contributed by atoms with Gasteiger partial charge < -0.3 is 14.6 Å². The average molecular weight is 451 g/mol. The Balaban J connectivity index is 1.37. The molecule has 2 amide bonds. The molecule has 1 aliphatic carbocycles. The van der Waals surface area contributed by atoms with Crippen LogP contribution in [-0.2, 0) is 11.2 Å². The standard InChI is InChI=1S/C27H34N2O4/c1-5-20(18-9-7-6-8-10-18)26(32)29-13-11-19(12-14-29)28-25(31)24-17(2)23-21(30)15-27(3,4)16-22(23)33-24/h6-10,19-20H,5,11-16H2,1-4H3,(H,28,31). The van der Waals surface area contributed by atoms with Gasteiger partial charge in [0.25, 0.3) is 5.91 Å². The molecule has 1 N–H and O–H groups in total. The average Bonchev–Trinajstić information content (AvgIpc) is 3.10. The van der Waals surface area contributed by atoms with Crippen LogP contribution >= 0.6 is 0 Å². The fourth-order valence-corrected chi connectivity index (χ4v) is 5.25. The number of fused-ring (bicyclic) bond motifs is 1. The van der Waals surface area contributed by atoms with Gasteiger partial charge in [-0.2, -0.15) is 0 Å². The lowest BCUT2D eigenvalue weighted by Crippen LogP contribution is -2.47. The number of rotatable bonds is 5. The van der Waals surface area contributed by atoms with Gasteiger partial charge in [-0.05, 0) is 37.2 Å². The maximum Gasteiger partial charge on any atom is 0.287 e. The van der Waals surface area contributed by atoms with Crippen LogP contribution in [0.3, 0.4) is 0 Å². The molecule has 0 spiro atoms. The Labute approximate surface area is 195 Å². The third-order valence-corrected chi connectivity index (χ3v) is 7.03. The molecule has 2 aromatic rings. The molecule has 0 radical (unpaired) electrons. The van der Waals surface area contributed by atoms with Gasteiger partial charge in [-0.25, -0.2) is 0 Å². The Morgan fingerprint density at radius 1 is 1.15 bits per heavy atom. The van der Waals surface area contributed by atoms with Gasteiger partial charge in [0.2, 0.25) is 5.91 Å². The largest absolute Gasteiger partial charge is 0.455 e. The van der Waals surface area contributed by atoms with Crippen molar-refractivity contribution in [2.75, 3.05) is 13.1 Å². The number of benzene rings is 1. The number of carbonyl (C=O) groups is 3. The van der Waals surface area contributed by atoms with Crippen molar-refractivity contribution in [1.29, 1.82) is 0 Å². The Hall–Kier alpha value is -2.89. The number of ketones is 1. The molecule has 1 aromatic carbocycles. The Morgan fingerprint density at radius 2 is 1.82 bits per heavy atom. The predicted molar refractivity (Wildman–Crippen MR) is 126 cm³/mol. The minimum atomic E-state index is -0.270. The quantitative estimate of drug-likeness (QED) is 0.719. The summed E-state index contributed by atoms with van der Waals surface area (Å²) in [6.07, 6.45) is 3.29. The van der Waals surface area contributed by atoms with Crippen molar-refractivity contribution in [3.63, 3.8) is 0 Å². The monoisotopic (exact) mass is 450 g/mol. The summed E-state index contributed by atoms with van der Waals surface area (Å²) in [5.41, 5.74) is 2.13. The number of piperidine rings is 1. The van der Waals surface area contributed by atoms with E-state index >= 15 is 0 Å². The topological polar surface area (TPSA) is 79.6 Å². The molecular weight excluding hydrogens is 416 g/mol. The highest BCUT2D eigenvalue weighted by molar-refractivity contribution is 6.03. The summed E-state index contributed by atoms with van der Waals surface area (Å²) in [7, 11) is 0. The number of Topliss-reactive ketones (excluding diaryl/α,β-unsaturated/α-hetero) is 1. The smallest absolute Gasteiger partial charge is 0.287 e. The zero-order valence-electron chi connectivity index (χ0n) is 20.1. The van der Waals surface area contributed by atoms with E-state index in [2.05, 4.69) is 5.32 Å². The summed E-state index contributed by atoms with van der Waals surface area (Å²) >= 11 is 0. The van der Waals surface area contributed by atoms with Crippen LogP contribution in [0.25, 0.3) is 0 Å². The van der Waals surface area contributed by atoms with Crippen LogP contribution in [-0.4, -0.2) is 41.6 Å². The summed E-state index contributed by atoms with van der Waals surface area (Å²) in [5, 5.41) is 3.07. The first-order valence-corrected chi connectivity index (χ1v) is 12.0. The number of likely N-dealkylation sites (tertiary alicyclic amines) is 1. The second-order valence-corrected chi connectivity index (χ2v) is 10.2. The molecule has 2 heterocycles. The van der Waals surface area contributed by atoms with Gasteiger partial charge in [0.15, 0.2) is 11.5 Å². The number of amides is 2. The van der Waals surface area contributed by atoms with E-state index in [0.29, 0.717) is 55.7 Å². The first-order valence-electron chi connectivity index (χ1n) is 12.0. The SMILES string of the molecule is CCC(C(=O)N1CCC(NC(=O)c2oc3c(c2C)C(=O)CC(C)(C)C3)CC1)c1ccccc1. The summed E-state index contributed by atoms with van der Waals surface area (Å²) in [4.78, 5) is 40.6. The molecule has 2 aliphatic rings. The van der Waals surface area contributed by atoms with E-state index < -0.39 is 0 Å². The summed E-state index contributed by atoms with van der Waals surface area (Å²) in [6, 6.07) is 9.90. The lowest BCUT2D eigenvalue weighted by atomic mass is 9.76. The molecule has 1 saturated heterocycles. The maximum atomic E-state index is 13.1. The highest BCUT2D eigenvalue weighted by atomic mass is 16.4. The van der Waals surface area contributed by atoms with Crippen LogP contribution in [0, 0.1) is 12.3 Å². The Bertz CT molecular complexity index is 1050. The van der Waals surface area contributed by atoms with Crippen LogP contribution in [0.1, 0.15) is 90.2 Å². The minimum Gasteiger partial charge on any atom is -0.455 e. The van der Waals surface area contributed by atoms with E-state index in [0.717, 1.165) is 12.0 Å².